The number of benzene rings is 3. The van der Waals surface area contributed by atoms with Crippen LogP contribution < -0.4 is 9.46 Å². The number of sulfonamides is 1. The van der Waals surface area contributed by atoms with E-state index < -0.39 is 21.8 Å². The van der Waals surface area contributed by atoms with Crippen molar-refractivity contribution in [3.63, 3.8) is 0 Å². The molecule has 1 N–H and O–H groups in total. The van der Waals surface area contributed by atoms with Gasteiger partial charge < -0.3 is 9.47 Å². The molecule has 1 amide bonds. The first-order chi connectivity index (χ1) is 16.5. The number of methoxy groups -OCH3 is 1. The second kappa shape index (κ2) is 9.24. The lowest BCUT2D eigenvalue weighted by Crippen LogP contribution is -2.36. The predicted molar refractivity (Wildman–Crippen MR) is 131 cm³/mol. The minimum absolute atomic E-state index is 0.100. The first-order valence-corrected chi connectivity index (χ1v) is 13.0. The van der Waals surface area contributed by atoms with Gasteiger partial charge in [-0.25, -0.2) is 13.1 Å². The highest BCUT2D eigenvalue weighted by atomic mass is 32.2. The maximum absolute atomic E-state index is 13.5. The van der Waals surface area contributed by atoms with E-state index in [-0.39, 0.29) is 4.90 Å². The minimum atomic E-state index is -4.06. The van der Waals surface area contributed by atoms with E-state index >= 15 is 0 Å². The molecule has 34 heavy (non-hydrogen) atoms. The molecule has 3 aromatic carbocycles. The van der Waals surface area contributed by atoms with E-state index in [1.807, 2.05) is 30.3 Å². The number of fused-ring (bicyclic) bond motifs is 2. The van der Waals surface area contributed by atoms with E-state index in [1.54, 1.807) is 25.3 Å². The molecule has 1 unspecified atom stereocenters. The van der Waals surface area contributed by atoms with Crippen molar-refractivity contribution in [3.8, 4) is 5.75 Å². The molecule has 0 spiro atoms. The highest BCUT2D eigenvalue weighted by molar-refractivity contribution is 7.90. The van der Waals surface area contributed by atoms with Crippen molar-refractivity contribution in [2.75, 3.05) is 20.3 Å². The summed E-state index contributed by atoms with van der Waals surface area (Å²) >= 11 is 0. The Morgan fingerprint density at radius 3 is 2.68 bits per heavy atom. The smallest absolute Gasteiger partial charge is 0.264 e. The molecule has 0 fully saturated rings. The molecule has 7 heteroatoms. The predicted octanol–water partition coefficient (Wildman–Crippen LogP) is 4.58. The Kier molecular flexibility index (Phi) is 6.15. The number of hydrogen-bond donors (Lipinski definition) is 1. The fourth-order valence-electron chi connectivity index (χ4n) is 5.12. The Bertz CT molecular complexity index is 1390. The molecule has 6 nitrogen and oxygen atoms in total. The first kappa shape index (κ1) is 22.6. The Morgan fingerprint density at radius 2 is 1.88 bits per heavy atom. The van der Waals surface area contributed by atoms with Crippen LogP contribution in [-0.4, -0.2) is 34.6 Å². The van der Waals surface area contributed by atoms with Gasteiger partial charge in [-0.1, -0.05) is 48.5 Å². The van der Waals surface area contributed by atoms with Crippen LogP contribution in [0.1, 0.15) is 41.9 Å². The Morgan fingerprint density at radius 1 is 1.06 bits per heavy atom. The molecule has 1 aliphatic heterocycles. The van der Waals surface area contributed by atoms with Crippen LogP contribution in [0.4, 0.5) is 0 Å². The third-order valence-electron chi connectivity index (χ3n) is 6.70. The largest absolute Gasteiger partial charge is 0.496 e. The Labute approximate surface area is 199 Å². The highest BCUT2D eigenvalue weighted by Gasteiger charge is 2.34. The van der Waals surface area contributed by atoms with Gasteiger partial charge in [-0.15, -0.1) is 0 Å². The van der Waals surface area contributed by atoms with E-state index in [0.29, 0.717) is 30.8 Å². The van der Waals surface area contributed by atoms with Gasteiger partial charge in [0.05, 0.1) is 31.1 Å². The van der Waals surface area contributed by atoms with Gasteiger partial charge in [-0.2, -0.15) is 0 Å². The minimum Gasteiger partial charge on any atom is -0.496 e. The van der Waals surface area contributed by atoms with E-state index in [2.05, 4.69) is 10.8 Å². The molecule has 1 aliphatic carbocycles. The zero-order valence-electron chi connectivity index (χ0n) is 19.0. The molecule has 0 aromatic heterocycles. The number of rotatable bonds is 5. The summed E-state index contributed by atoms with van der Waals surface area (Å²) in [7, 11) is -2.47. The summed E-state index contributed by atoms with van der Waals surface area (Å²) in [5.74, 6) is -0.511. The maximum atomic E-state index is 13.5. The van der Waals surface area contributed by atoms with Gasteiger partial charge >= 0.3 is 0 Å². The standard InChI is InChI=1S/C27H27NO5S/c1-32-24-13-12-20(19-14-16-33-17-15-19)22-9-5-10-23(26(22)24)27(29)28-34(30,31)25-11-4-7-18-6-2-3-8-21(18)25/h2-4,6-8,11-14,23H,5,9-10,15-17H2,1H3,(H,28,29). The van der Waals surface area contributed by atoms with Crippen molar-refractivity contribution in [2.24, 2.45) is 0 Å². The summed E-state index contributed by atoms with van der Waals surface area (Å²) in [5.41, 5.74) is 4.17. The van der Waals surface area contributed by atoms with E-state index in [1.165, 1.54) is 11.6 Å². The van der Waals surface area contributed by atoms with E-state index in [0.717, 1.165) is 41.3 Å². The third-order valence-corrected chi connectivity index (χ3v) is 8.11. The second-order valence-corrected chi connectivity index (χ2v) is 10.3. The van der Waals surface area contributed by atoms with Crippen molar-refractivity contribution in [3.05, 3.63) is 77.4 Å². The molecule has 5 rings (SSSR count). The lowest BCUT2D eigenvalue weighted by Gasteiger charge is -2.29. The molecule has 0 saturated heterocycles. The number of hydrogen-bond acceptors (Lipinski definition) is 5. The molecule has 0 saturated carbocycles. The summed E-state index contributed by atoms with van der Waals surface area (Å²) in [6.45, 7) is 1.24. The fourth-order valence-corrected chi connectivity index (χ4v) is 6.37. The molecule has 1 atom stereocenters. The number of ether oxygens (including phenoxy) is 2. The van der Waals surface area contributed by atoms with E-state index in [4.69, 9.17) is 9.47 Å². The second-order valence-electron chi connectivity index (χ2n) is 8.65. The first-order valence-electron chi connectivity index (χ1n) is 11.5. The molecular weight excluding hydrogens is 450 g/mol. The normalized spacial score (nSPS) is 18.1. The number of carbonyl (C=O) groups is 1. The SMILES string of the molecule is COc1ccc(C2=CCOCC2)c2c1C(C(=O)NS(=O)(=O)c1cccc3ccccc13)CCC2. The molecule has 176 valence electrons. The lowest BCUT2D eigenvalue weighted by atomic mass is 9.78. The molecule has 0 radical (unpaired) electrons. The Hall–Kier alpha value is -3.16. The molecule has 2 aliphatic rings. The average Bonchev–Trinajstić information content (AvgIpc) is 2.87. The van der Waals surface area contributed by atoms with Crippen molar-refractivity contribution in [1.82, 2.24) is 4.72 Å². The summed E-state index contributed by atoms with van der Waals surface area (Å²) in [6, 6.07) is 16.2. The van der Waals surface area contributed by atoms with Crippen LogP contribution in [0, 0.1) is 0 Å². The van der Waals surface area contributed by atoms with Crippen LogP contribution >= 0.6 is 0 Å². The summed E-state index contributed by atoms with van der Waals surface area (Å²) in [6.07, 6.45) is 5.07. The number of nitrogens with one attached hydrogen (secondary N) is 1. The van der Waals surface area contributed by atoms with Crippen LogP contribution in [-0.2, 0) is 26.0 Å². The summed E-state index contributed by atoms with van der Waals surface area (Å²) in [4.78, 5) is 13.6. The van der Waals surface area contributed by atoms with Crippen LogP contribution in [0.15, 0.2) is 65.6 Å². The van der Waals surface area contributed by atoms with Crippen LogP contribution in [0.3, 0.4) is 0 Å². The highest BCUT2D eigenvalue weighted by Crippen LogP contribution is 2.42. The van der Waals surface area contributed by atoms with Gasteiger partial charge in [0.2, 0.25) is 5.91 Å². The number of carbonyl (C=O) groups excluding carboxylic acids is 1. The quantitative estimate of drug-likeness (QED) is 0.582. The molecule has 0 bridgehead atoms. The van der Waals surface area contributed by atoms with Crippen LogP contribution in [0.5, 0.6) is 5.75 Å². The zero-order valence-corrected chi connectivity index (χ0v) is 19.9. The maximum Gasteiger partial charge on any atom is 0.264 e. The van der Waals surface area contributed by atoms with Gasteiger partial charge in [0.15, 0.2) is 0 Å². The fraction of sp³-hybridized carbons (Fsp3) is 0.296. The van der Waals surface area contributed by atoms with Gasteiger partial charge in [0, 0.05) is 10.9 Å². The zero-order chi connectivity index (χ0) is 23.7. The van der Waals surface area contributed by atoms with Crippen LogP contribution in [0.2, 0.25) is 0 Å². The monoisotopic (exact) mass is 477 g/mol. The number of amides is 1. The van der Waals surface area contributed by atoms with Gasteiger partial charge in [-0.05, 0) is 59.9 Å². The molecule has 3 aromatic rings. The van der Waals surface area contributed by atoms with Gasteiger partial charge in [0.25, 0.3) is 10.0 Å². The van der Waals surface area contributed by atoms with Crippen molar-refractivity contribution in [1.29, 1.82) is 0 Å². The lowest BCUT2D eigenvalue weighted by molar-refractivity contribution is -0.121. The van der Waals surface area contributed by atoms with Crippen molar-refractivity contribution >= 4 is 32.3 Å². The van der Waals surface area contributed by atoms with Gasteiger partial charge in [-0.3, -0.25) is 4.79 Å². The molecular formula is C27H27NO5S. The van der Waals surface area contributed by atoms with Crippen LogP contribution in [0.25, 0.3) is 16.3 Å². The average molecular weight is 478 g/mol. The summed E-state index contributed by atoms with van der Waals surface area (Å²) < 4.78 is 40.1. The topological polar surface area (TPSA) is 81.7 Å². The van der Waals surface area contributed by atoms with Gasteiger partial charge in [0.1, 0.15) is 5.75 Å². The third kappa shape index (κ3) is 4.10. The Balaban J connectivity index is 1.52. The van der Waals surface area contributed by atoms with E-state index in [9.17, 15) is 13.2 Å². The van der Waals surface area contributed by atoms with Crippen molar-refractivity contribution < 1.29 is 22.7 Å². The molecule has 1 heterocycles. The summed E-state index contributed by atoms with van der Waals surface area (Å²) in [5, 5.41) is 1.39. The van der Waals surface area contributed by atoms with Crippen molar-refractivity contribution in [2.45, 2.75) is 36.5 Å².